The summed E-state index contributed by atoms with van der Waals surface area (Å²) < 4.78 is 5.73. The van der Waals surface area contributed by atoms with E-state index in [1.165, 1.54) is 0 Å². The summed E-state index contributed by atoms with van der Waals surface area (Å²) in [7, 11) is 0. The minimum Gasteiger partial charge on any atom is -0.416 e. The summed E-state index contributed by atoms with van der Waals surface area (Å²) in [5, 5.41) is 10.8. The first-order valence-corrected chi connectivity index (χ1v) is 9.26. The van der Waals surface area contributed by atoms with Gasteiger partial charge in [0.1, 0.15) is 6.04 Å². The molecule has 0 aliphatic heterocycles. The van der Waals surface area contributed by atoms with Crippen molar-refractivity contribution in [3.63, 3.8) is 0 Å². The number of aromatic nitrogens is 2. The number of hydrogen-bond acceptors (Lipinski definition) is 5. The van der Waals surface area contributed by atoms with E-state index in [-0.39, 0.29) is 0 Å². The van der Waals surface area contributed by atoms with E-state index in [1.807, 2.05) is 36.4 Å². The third-order valence-corrected chi connectivity index (χ3v) is 4.53. The third kappa shape index (κ3) is 4.10. The monoisotopic (exact) mass is 398 g/mol. The molecule has 3 aromatic carbocycles. The first kappa shape index (κ1) is 19.1. The zero-order valence-electron chi connectivity index (χ0n) is 15.9. The van der Waals surface area contributed by atoms with Crippen LogP contribution in [0.1, 0.15) is 22.0 Å². The van der Waals surface area contributed by atoms with Crippen molar-refractivity contribution in [1.82, 2.24) is 15.5 Å². The van der Waals surface area contributed by atoms with Gasteiger partial charge >= 0.3 is 0 Å². The first-order chi connectivity index (χ1) is 14.6. The summed E-state index contributed by atoms with van der Waals surface area (Å²) in [5.74, 6) is -0.283. The van der Waals surface area contributed by atoms with Crippen LogP contribution < -0.4 is 11.1 Å². The normalized spacial score (nSPS) is 11.6. The molecule has 4 rings (SSSR count). The van der Waals surface area contributed by atoms with Gasteiger partial charge in [-0.15, -0.1) is 10.2 Å². The molecule has 3 N–H and O–H groups in total. The minimum atomic E-state index is -0.914. The maximum atomic E-state index is 12.6. The van der Waals surface area contributed by atoms with E-state index < -0.39 is 17.9 Å². The standard InChI is InChI=1S/C23H18N4O3/c24-20(28)19(15-7-3-1-4-8-15)25-21(29)16-11-13-18(14-12-16)23-27-26-22(30-23)17-9-5-2-6-10-17/h1-14,19H,(H2,24,28)(H,25,29)/t19-/m1/s1. The molecule has 148 valence electrons. The number of nitrogens with zero attached hydrogens (tertiary/aromatic N) is 2. The Labute approximate surface area is 172 Å². The Hall–Kier alpha value is -4.26. The van der Waals surface area contributed by atoms with Gasteiger partial charge in [0.2, 0.25) is 17.7 Å². The Morgan fingerprint density at radius 1 is 0.767 bits per heavy atom. The molecule has 1 aromatic heterocycles. The molecule has 0 radical (unpaired) electrons. The average molecular weight is 398 g/mol. The summed E-state index contributed by atoms with van der Waals surface area (Å²) in [6.07, 6.45) is 0. The molecule has 0 spiro atoms. The second-order valence-electron chi connectivity index (χ2n) is 6.58. The quantitative estimate of drug-likeness (QED) is 0.517. The molecule has 1 heterocycles. The predicted molar refractivity (Wildman–Crippen MR) is 111 cm³/mol. The van der Waals surface area contributed by atoms with Gasteiger partial charge in [-0.1, -0.05) is 48.5 Å². The summed E-state index contributed by atoms with van der Waals surface area (Å²) in [4.78, 5) is 24.4. The topological polar surface area (TPSA) is 111 Å². The fourth-order valence-corrected chi connectivity index (χ4v) is 2.98. The maximum absolute atomic E-state index is 12.6. The lowest BCUT2D eigenvalue weighted by Gasteiger charge is -2.16. The molecular formula is C23H18N4O3. The van der Waals surface area contributed by atoms with Crippen molar-refractivity contribution >= 4 is 11.8 Å². The molecule has 0 aliphatic rings. The van der Waals surface area contributed by atoms with Crippen molar-refractivity contribution in [2.75, 3.05) is 0 Å². The molecule has 4 aromatic rings. The average Bonchev–Trinajstić information content (AvgIpc) is 3.29. The van der Waals surface area contributed by atoms with E-state index in [2.05, 4.69) is 15.5 Å². The second-order valence-corrected chi connectivity index (χ2v) is 6.58. The van der Waals surface area contributed by atoms with Crippen molar-refractivity contribution in [3.8, 4) is 22.9 Å². The SMILES string of the molecule is NC(=O)[C@H](NC(=O)c1ccc(-c2nnc(-c3ccccc3)o2)cc1)c1ccccc1. The van der Waals surface area contributed by atoms with Crippen molar-refractivity contribution in [2.24, 2.45) is 5.73 Å². The number of nitrogens with two attached hydrogens (primary N) is 1. The van der Waals surface area contributed by atoms with Crippen molar-refractivity contribution in [1.29, 1.82) is 0 Å². The van der Waals surface area contributed by atoms with Crippen LogP contribution >= 0.6 is 0 Å². The predicted octanol–water partition coefficient (Wildman–Crippen LogP) is 3.36. The van der Waals surface area contributed by atoms with Gasteiger partial charge in [-0.3, -0.25) is 9.59 Å². The largest absolute Gasteiger partial charge is 0.416 e. The fourth-order valence-electron chi connectivity index (χ4n) is 2.98. The van der Waals surface area contributed by atoms with Gasteiger partial charge in [0.15, 0.2) is 0 Å². The zero-order valence-corrected chi connectivity index (χ0v) is 15.9. The van der Waals surface area contributed by atoms with Crippen LogP contribution in [0.2, 0.25) is 0 Å². The number of carbonyl (C=O) groups is 2. The first-order valence-electron chi connectivity index (χ1n) is 9.26. The Balaban J connectivity index is 1.50. The molecule has 7 heteroatoms. The van der Waals surface area contributed by atoms with Crippen LogP contribution in [0.3, 0.4) is 0 Å². The van der Waals surface area contributed by atoms with Gasteiger partial charge in [0, 0.05) is 16.7 Å². The highest BCUT2D eigenvalue weighted by Crippen LogP contribution is 2.24. The highest BCUT2D eigenvalue weighted by molar-refractivity contribution is 5.97. The minimum absolute atomic E-state index is 0.347. The number of primary amides is 1. The molecule has 0 unspecified atom stereocenters. The highest BCUT2D eigenvalue weighted by atomic mass is 16.4. The molecule has 0 saturated heterocycles. The van der Waals surface area contributed by atoms with Gasteiger partial charge in [-0.05, 0) is 42.0 Å². The Morgan fingerprint density at radius 3 is 1.87 bits per heavy atom. The van der Waals surface area contributed by atoms with Crippen LogP contribution in [0, 0.1) is 0 Å². The molecule has 7 nitrogen and oxygen atoms in total. The summed E-state index contributed by atoms with van der Waals surface area (Å²) in [6, 6.07) is 24.1. The van der Waals surface area contributed by atoms with Gasteiger partial charge in [-0.2, -0.15) is 0 Å². The molecular weight excluding hydrogens is 380 g/mol. The van der Waals surface area contributed by atoms with Gasteiger partial charge in [0.25, 0.3) is 5.91 Å². The summed E-state index contributed by atoms with van der Waals surface area (Å²) in [5.41, 5.74) is 7.96. The van der Waals surface area contributed by atoms with E-state index in [9.17, 15) is 9.59 Å². The molecule has 0 bridgehead atoms. The summed E-state index contributed by atoms with van der Waals surface area (Å²) >= 11 is 0. The molecule has 0 saturated carbocycles. The Kier molecular flexibility index (Phi) is 5.34. The molecule has 2 amide bonds. The van der Waals surface area contributed by atoms with E-state index in [0.29, 0.717) is 28.5 Å². The number of nitrogens with one attached hydrogen (secondary N) is 1. The van der Waals surface area contributed by atoms with Gasteiger partial charge < -0.3 is 15.5 Å². The van der Waals surface area contributed by atoms with Crippen LogP contribution in [0.5, 0.6) is 0 Å². The third-order valence-electron chi connectivity index (χ3n) is 4.53. The van der Waals surface area contributed by atoms with Crippen LogP contribution in [-0.2, 0) is 4.79 Å². The highest BCUT2D eigenvalue weighted by Gasteiger charge is 2.21. The van der Waals surface area contributed by atoms with Crippen LogP contribution in [0.25, 0.3) is 22.9 Å². The summed E-state index contributed by atoms with van der Waals surface area (Å²) in [6.45, 7) is 0. The van der Waals surface area contributed by atoms with E-state index >= 15 is 0 Å². The van der Waals surface area contributed by atoms with Gasteiger partial charge in [-0.25, -0.2) is 0 Å². The fraction of sp³-hybridized carbons (Fsp3) is 0.0435. The molecule has 0 aliphatic carbocycles. The van der Waals surface area contributed by atoms with E-state index in [1.54, 1.807) is 48.5 Å². The van der Waals surface area contributed by atoms with Crippen LogP contribution in [-0.4, -0.2) is 22.0 Å². The second kappa shape index (κ2) is 8.40. The zero-order chi connectivity index (χ0) is 20.9. The Morgan fingerprint density at radius 2 is 1.30 bits per heavy atom. The smallest absolute Gasteiger partial charge is 0.252 e. The van der Waals surface area contributed by atoms with E-state index in [4.69, 9.17) is 10.2 Å². The molecule has 0 fully saturated rings. The molecule has 1 atom stereocenters. The van der Waals surface area contributed by atoms with E-state index in [0.717, 1.165) is 5.56 Å². The number of benzene rings is 3. The van der Waals surface area contributed by atoms with Crippen molar-refractivity contribution in [3.05, 3.63) is 96.1 Å². The van der Waals surface area contributed by atoms with Crippen LogP contribution in [0.4, 0.5) is 0 Å². The number of hydrogen-bond donors (Lipinski definition) is 2. The van der Waals surface area contributed by atoms with Gasteiger partial charge in [0.05, 0.1) is 0 Å². The number of carbonyl (C=O) groups excluding carboxylic acids is 2. The Bertz CT molecular complexity index is 1160. The van der Waals surface area contributed by atoms with Crippen molar-refractivity contribution in [2.45, 2.75) is 6.04 Å². The lowest BCUT2D eigenvalue weighted by Crippen LogP contribution is -2.37. The maximum Gasteiger partial charge on any atom is 0.252 e. The van der Waals surface area contributed by atoms with Crippen molar-refractivity contribution < 1.29 is 14.0 Å². The number of amides is 2. The molecule has 30 heavy (non-hydrogen) atoms. The lowest BCUT2D eigenvalue weighted by molar-refractivity contribution is -0.120. The van der Waals surface area contributed by atoms with Crippen LogP contribution in [0.15, 0.2) is 89.3 Å². The number of rotatable bonds is 6. The lowest BCUT2D eigenvalue weighted by atomic mass is 10.1.